The standard InChI is InChI=1S/C19H29F2N3O2/c1-3-22-19(23-8-4-9-25-12-15-7-10-26-13-15)24-14(2)17-6-5-16(20)11-18(17)21/h5-6,11,14-15H,3-4,7-10,12-13H2,1-2H3,(H2,22,23,24). The van der Waals surface area contributed by atoms with E-state index in [1.54, 1.807) is 0 Å². The molecule has 1 aromatic carbocycles. The lowest BCUT2D eigenvalue weighted by molar-refractivity contribution is 0.0893. The van der Waals surface area contributed by atoms with Gasteiger partial charge in [-0.1, -0.05) is 6.07 Å². The molecule has 2 N–H and O–H groups in total. The Hall–Kier alpha value is -1.73. The predicted molar refractivity (Wildman–Crippen MR) is 98.2 cm³/mol. The first-order chi connectivity index (χ1) is 12.6. The Labute approximate surface area is 154 Å². The van der Waals surface area contributed by atoms with E-state index in [2.05, 4.69) is 15.6 Å². The summed E-state index contributed by atoms with van der Waals surface area (Å²) in [6.07, 6.45) is 1.88. The largest absolute Gasteiger partial charge is 0.381 e. The van der Waals surface area contributed by atoms with Crippen LogP contribution in [0.1, 0.15) is 38.3 Å². The van der Waals surface area contributed by atoms with Crippen LogP contribution in [0.4, 0.5) is 8.78 Å². The van der Waals surface area contributed by atoms with Crippen molar-refractivity contribution >= 4 is 5.96 Å². The quantitative estimate of drug-likeness (QED) is 0.399. The van der Waals surface area contributed by atoms with Gasteiger partial charge in [0.1, 0.15) is 11.6 Å². The Kier molecular flexibility index (Phi) is 8.77. The number of guanidine groups is 1. The molecule has 2 unspecified atom stereocenters. The first kappa shape index (κ1) is 20.6. The van der Waals surface area contributed by atoms with E-state index in [0.29, 0.717) is 37.1 Å². The Morgan fingerprint density at radius 3 is 2.96 bits per heavy atom. The third-order valence-corrected chi connectivity index (χ3v) is 4.22. The number of nitrogens with one attached hydrogen (secondary N) is 2. The number of nitrogens with zero attached hydrogens (tertiary/aromatic N) is 1. The van der Waals surface area contributed by atoms with Crippen LogP contribution in [0, 0.1) is 17.6 Å². The first-order valence-electron chi connectivity index (χ1n) is 9.25. The van der Waals surface area contributed by atoms with E-state index < -0.39 is 11.6 Å². The molecule has 0 saturated carbocycles. The second kappa shape index (κ2) is 11.1. The third kappa shape index (κ3) is 6.88. The summed E-state index contributed by atoms with van der Waals surface area (Å²) in [6.45, 7) is 8.11. The molecule has 2 atom stereocenters. The second-order valence-electron chi connectivity index (χ2n) is 6.45. The van der Waals surface area contributed by atoms with E-state index in [9.17, 15) is 8.78 Å². The maximum Gasteiger partial charge on any atom is 0.191 e. The van der Waals surface area contributed by atoms with Gasteiger partial charge in [0.2, 0.25) is 0 Å². The summed E-state index contributed by atoms with van der Waals surface area (Å²) in [4.78, 5) is 4.49. The fourth-order valence-corrected chi connectivity index (χ4v) is 2.78. The smallest absolute Gasteiger partial charge is 0.191 e. The van der Waals surface area contributed by atoms with Crippen LogP contribution in [0.25, 0.3) is 0 Å². The van der Waals surface area contributed by atoms with Crippen LogP contribution in [0.2, 0.25) is 0 Å². The van der Waals surface area contributed by atoms with Gasteiger partial charge in [0.05, 0.1) is 19.3 Å². The van der Waals surface area contributed by atoms with Gasteiger partial charge in [0, 0.05) is 43.9 Å². The van der Waals surface area contributed by atoms with Crippen molar-refractivity contribution < 1.29 is 18.3 Å². The van der Waals surface area contributed by atoms with Gasteiger partial charge in [-0.25, -0.2) is 8.78 Å². The van der Waals surface area contributed by atoms with E-state index in [-0.39, 0.29) is 6.04 Å². The number of rotatable bonds is 9. The lowest BCUT2D eigenvalue weighted by Crippen LogP contribution is -2.39. The number of ether oxygens (including phenoxy) is 2. The van der Waals surface area contributed by atoms with Crippen molar-refractivity contribution in [3.05, 3.63) is 35.4 Å². The maximum atomic E-state index is 13.9. The van der Waals surface area contributed by atoms with Gasteiger partial charge in [-0.2, -0.15) is 0 Å². The summed E-state index contributed by atoms with van der Waals surface area (Å²) in [6, 6.07) is 3.27. The first-order valence-corrected chi connectivity index (χ1v) is 9.25. The molecule has 0 aliphatic carbocycles. The molecular weight excluding hydrogens is 340 g/mol. The molecule has 0 aromatic heterocycles. The van der Waals surface area contributed by atoms with E-state index >= 15 is 0 Å². The molecule has 1 heterocycles. The van der Waals surface area contributed by atoms with Crippen LogP contribution in [-0.2, 0) is 9.47 Å². The van der Waals surface area contributed by atoms with E-state index in [0.717, 1.165) is 38.7 Å². The van der Waals surface area contributed by atoms with E-state index in [4.69, 9.17) is 9.47 Å². The second-order valence-corrected chi connectivity index (χ2v) is 6.45. The van der Waals surface area contributed by atoms with Gasteiger partial charge < -0.3 is 20.1 Å². The lowest BCUT2D eigenvalue weighted by atomic mass is 10.1. The summed E-state index contributed by atoms with van der Waals surface area (Å²) >= 11 is 0. The van der Waals surface area contributed by atoms with Gasteiger partial charge in [-0.15, -0.1) is 0 Å². The minimum Gasteiger partial charge on any atom is -0.381 e. The summed E-state index contributed by atoms with van der Waals surface area (Å²) in [5, 5.41) is 6.28. The highest BCUT2D eigenvalue weighted by Crippen LogP contribution is 2.17. The molecule has 7 heteroatoms. The fourth-order valence-electron chi connectivity index (χ4n) is 2.78. The minimum absolute atomic E-state index is 0.327. The molecule has 0 amide bonds. The number of aliphatic imine (C=N–C) groups is 1. The molecule has 5 nitrogen and oxygen atoms in total. The van der Waals surface area contributed by atoms with Crippen molar-refractivity contribution in [3.8, 4) is 0 Å². The van der Waals surface area contributed by atoms with Crippen molar-refractivity contribution in [2.24, 2.45) is 10.9 Å². The van der Waals surface area contributed by atoms with Crippen molar-refractivity contribution in [2.45, 2.75) is 32.7 Å². The molecule has 0 radical (unpaired) electrons. The van der Waals surface area contributed by atoms with Crippen LogP contribution in [-0.4, -0.2) is 45.5 Å². The minimum atomic E-state index is -0.580. The summed E-state index contributed by atoms with van der Waals surface area (Å²) in [5.41, 5.74) is 0.402. The highest BCUT2D eigenvalue weighted by atomic mass is 19.1. The highest BCUT2D eigenvalue weighted by Gasteiger charge is 2.15. The molecule has 26 heavy (non-hydrogen) atoms. The summed E-state index contributed by atoms with van der Waals surface area (Å²) < 4.78 is 37.9. The zero-order valence-corrected chi connectivity index (χ0v) is 15.6. The van der Waals surface area contributed by atoms with Crippen LogP contribution in [0.5, 0.6) is 0 Å². The summed E-state index contributed by atoms with van der Waals surface area (Å²) in [7, 11) is 0. The molecule has 146 valence electrons. The number of hydrogen-bond donors (Lipinski definition) is 2. The van der Waals surface area contributed by atoms with Crippen molar-refractivity contribution in [1.29, 1.82) is 0 Å². The van der Waals surface area contributed by atoms with Gasteiger partial charge in [0.25, 0.3) is 0 Å². The molecule has 0 bridgehead atoms. The molecule has 1 saturated heterocycles. The van der Waals surface area contributed by atoms with Gasteiger partial charge in [-0.3, -0.25) is 4.99 Å². The van der Waals surface area contributed by atoms with E-state index in [1.165, 1.54) is 12.1 Å². The number of benzene rings is 1. The Morgan fingerprint density at radius 2 is 2.27 bits per heavy atom. The van der Waals surface area contributed by atoms with Gasteiger partial charge >= 0.3 is 0 Å². The Balaban J connectivity index is 1.76. The average molecular weight is 369 g/mol. The van der Waals surface area contributed by atoms with Gasteiger partial charge in [-0.05, 0) is 32.8 Å². The summed E-state index contributed by atoms with van der Waals surface area (Å²) in [5.74, 6) is -0.0230. The molecule has 2 rings (SSSR count). The predicted octanol–water partition coefficient (Wildman–Crippen LogP) is 3.02. The molecule has 0 spiro atoms. The molecule has 1 aliphatic heterocycles. The zero-order valence-electron chi connectivity index (χ0n) is 15.6. The van der Waals surface area contributed by atoms with Crippen molar-refractivity contribution in [3.63, 3.8) is 0 Å². The zero-order chi connectivity index (χ0) is 18.8. The molecular formula is C19H29F2N3O2. The van der Waals surface area contributed by atoms with Crippen molar-refractivity contribution in [2.75, 3.05) is 39.5 Å². The molecule has 1 fully saturated rings. The highest BCUT2D eigenvalue weighted by molar-refractivity contribution is 5.80. The monoisotopic (exact) mass is 369 g/mol. The topological polar surface area (TPSA) is 54.9 Å². The number of halogens is 2. The number of hydrogen-bond acceptors (Lipinski definition) is 3. The van der Waals surface area contributed by atoms with Crippen LogP contribution in [0.3, 0.4) is 0 Å². The fraction of sp³-hybridized carbons (Fsp3) is 0.632. The van der Waals surface area contributed by atoms with Crippen molar-refractivity contribution in [1.82, 2.24) is 10.6 Å². The average Bonchev–Trinajstić information content (AvgIpc) is 3.11. The van der Waals surface area contributed by atoms with Gasteiger partial charge in [0.15, 0.2) is 5.96 Å². The maximum absolute atomic E-state index is 13.9. The third-order valence-electron chi connectivity index (χ3n) is 4.22. The van der Waals surface area contributed by atoms with Crippen LogP contribution < -0.4 is 10.6 Å². The molecule has 1 aromatic rings. The Bertz CT molecular complexity index is 578. The molecule has 1 aliphatic rings. The lowest BCUT2D eigenvalue weighted by Gasteiger charge is -2.18. The normalized spacial score (nSPS) is 18.8. The SMILES string of the molecule is CCNC(=NCCCOCC1CCOC1)NC(C)c1ccc(F)cc1F. The van der Waals surface area contributed by atoms with Crippen LogP contribution in [0.15, 0.2) is 23.2 Å². The van der Waals surface area contributed by atoms with E-state index in [1.807, 2.05) is 13.8 Å². The van der Waals surface area contributed by atoms with Crippen LogP contribution >= 0.6 is 0 Å². The Morgan fingerprint density at radius 1 is 1.42 bits per heavy atom.